The summed E-state index contributed by atoms with van der Waals surface area (Å²) in [6.45, 7) is 5.12. The molecule has 0 spiro atoms. The highest BCUT2D eigenvalue weighted by Gasteiger charge is 2.29. The van der Waals surface area contributed by atoms with Crippen molar-refractivity contribution in [3.63, 3.8) is 0 Å². The van der Waals surface area contributed by atoms with E-state index in [1.54, 1.807) is 29.3 Å². The van der Waals surface area contributed by atoms with E-state index in [0.29, 0.717) is 30.5 Å². The molecule has 3 aromatic heterocycles. The Morgan fingerprint density at radius 2 is 2.04 bits per heavy atom. The molecule has 1 aliphatic rings. The molecule has 0 radical (unpaired) electrons. The standard InChI is InChI=1S/C19H21N5O3/c1-12(2)16-21-17(27-22-16)13-6-9-23(10-7-13)18(25)14-11-20-15-5-3-4-8-24(15)19(14)26/h3-5,8,11-13H,6-7,9-10H2,1-2H3. The zero-order valence-electron chi connectivity index (χ0n) is 15.3. The molecule has 4 heterocycles. The van der Waals surface area contributed by atoms with Crippen LogP contribution < -0.4 is 5.56 Å². The number of nitrogens with zero attached hydrogens (tertiary/aromatic N) is 5. The van der Waals surface area contributed by atoms with E-state index in [1.807, 2.05) is 13.8 Å². The smallest absolute Gasteiger partial charge is 0.270 e. The van der Waals surface area contributed by atoms with E-state index in [2.05, 4.69) is 15.1 Å². The lowest BCUT2D eigenvalue weighted by atomic mass is 9.96. The van der Waals surface area contributed by atoms with Crippen LogP contribution in [-0.4, -0.2) is 43.4 Å². The summed E-state index contributed by atoms with van der Waals surface area (Å²) < 4.78 is 6.78. The minimum atomic E-state index is -0.341. The number of likely N-dealkylation sites (tertiary alicyclic amines) is 1. The Morgan fingerprint density at radius 3 is 2.74 bits per heavy atom. The quantitative estimate of drug-likeness (QED) is 0.705. The highest BCUT2D eigenvalue weighted by molar-refractivity contribution is 5.93. The number of amides is 1. The Balaban J connectivity index is 1.49. The number of piperidine rings is 1. The molecule has 1 saturated heterocycles. The second-order valence-corrected chi connectivity index (χ2v) is 7.12. The highest BCUT2D eigenvalue weighted by Crippen LogP contribution is 2.28. The van der Waals surface area contributed by atoms with Crippen LogP contribution in [0.1, 0.15) is 60.6 Å². The zero-order chi connectivity index (χ0) is 19.0. The van der Waals surface area contributed by atoms with Gasteiger partial charge in [-0.15, -0.1) is 0 Å². The highest BCUT2D eigenvalue weighted by atomic mass is 16.5. The number of fused-ring (bicyclic) bond motifs is 1. The maximum Gasteiger partial charge on any atom is 0.270 e. The Bertz CT molecular complexity index is 1030. The molecule has 8 heteroatoms. The van der Waals surface area contributed by atoms with Crippen LogP contribution in [0.25, 0.3) is 5.65 Å². The lowest BCUT2D eigenvalue weighted by molar-refractivity contribution is 0.0702. The molecule has 140 valence electrons. The molecular formula is C19H21N5O3. The maximum atomic E-state index is 12.8. The summed E-state index contributed by atoms with van der Waals surface area (Å²) in [5, 5.41) is 4.01. The molecule has 0 saturated carbocycles. The normalized spacial score (nSPS) is 15.6. The molecule has 0 bridgehead atoms. The van der Waals surface area contributed by atoms with Crippen LogP contribution in [0.5, 0.6) is 0 Å². The van der Waals surface area contributed by atoms with E-state index >= 15 is 0 Å². The summed E-state index contributed by atoms with van der Waals surface area (Å²) in [5.74, 6) is 1.43. The molecule has 1 aliphatic heterocycles. The van der Waals surface area contributed by atoms with Crippen molar-refractivity contribution in [2.45, 2.75) is 38.5 Å². The van der Waals surface area contributed by atoms with Gasteiger partial charge in [-0.2, -0.15) is 4.98 Å². The van der Waals surface area contributed by atoms with E-state index in [4.69, 9.17) is 4.52 Å². The molecule has 0 aromatic carbocycles. The predicted octanol–water partition coefficient (Wildman–Crippen LogP) is 2.22. The SMILES string of the molecule is CC(C)c1noc(C2CCN(C(=O)c3cnc4ccccn4c3=O)CC2)n1. The van der Waals surface area contributed by atoms with Gasteiger partial charge in [0.25, 0.3) is 11.5 Å². The fourth-order valence-electron chi connectivity index (χ4n) is 3.32. The summed E-state index contributed by atoms with van der Waals surface area (Å²) in [5.41, 5.74) is 0.276. The van der Waals surface area contributed by atoms with Crippen LogP contribution in [0.15, 0.2) is 39.9 Å². The van der Waals surface area contributed by atoms with Gasteiger partial charge in [0.2, 0.25) is 5.89 Å². The molecule has 0 aliphatic carbocycles. The first kappa shape index (κ1) is 17.4. The third kappa shape index (κ3) is 3.22. The van der Waals surface area contributed by atoms with Gasteiger partial charge in [-0.3, -0.25) is 14.0 Å². The van der Waals surface area contributed by atoms with Crippen LogP contribution in [0.3, 0.4) is 0 Å². The van der Waals surface area contributed by atoms with Crippen LogP contribution in [0.2, 0.25) is 0 Å². The third-order valence-electron chi connectivity index (χ3n) is 4.95. The van der Waals surface area contributed by atoms with Crippen molar-refractivity contribution >= 4 is 11.6 Å². The molecule has 8 nitrogen and oxygen atoms in total. The van der Waals surface area contributed by atoms with Crippen molar-refractivity contribution in [3.05, 3.63) is 58.2 Å². The second-order valence-electron chi connectivity index (χ2n) is 7.12. The van der Waals surface area contributed by atoms with Crippen LogP contribution in [0, 0.1) is 0 Å². The first-order chi connectivity index (χ1) is 13.0. The van der Waals surface area contributed by atoms with Gasteiger partial charge in [0.1, 0.15) is 11.2 Å². The second kappa shape index (κ2) is 6.94. The van der Waals surface area contributed by atoms with Crippen molar-refractivity contribution in [2.75, 3.05) is 13.1 Å². The van der Waals surface area contributed by atoms with Crippen molar-refractivity contribution in [1.29, 1.82) is 0 Å². The average molecular weight is 367 g/mol. The number of carbonyl (C=O) groups excluding carboxylic acids is 1. The monoisotopic (exact) mass is 367 g/mol. The minimum absolute atomic E-state index is 0.0945. The Morgan fingerprint density at radius 1 is 1.26 bits per heavy atom. The fraction of sp³-hybridized carbons (Fsp3) is 0.421. The summed E-state index contributed by atoms with van der Waals surface area (Å²) >= 11 is 0. The number of hydrogen-bond acceptors (Lipinski definition) is 6. The molecule has 0 N–H and O–H groups in total. The summed E-state index contributed by atoms with van der Waals surface area (Å²) in [6, 6.07) is 5.28. The summed E-state index contributed by atoms with van der Waals surface area (Å²) in [7, 11) is 0. The maximum absolute atomic E-state index is 12.8. The molecular weight excluding hydrogens is 346 g/mol. The number of carbonyl (C=O) groups is 1. The fourth-order valence-corrected chi connectivity index (χ4v) is 3.32. The largest absolute Gasteiger partial charge is 0.339 e. The molecule has 1 amide bonds. The van der Waals surface area contributed by atoms with E-state index in [1.165, 1.54) is 10.6 Å². The number of rotatable bonds is 3. The summed E-state index contributed by atoms with van der Waals surface area (Å²) in [6.07, 6.45) is 4.45. The Kier molecular flexibility index (Phi) is 4.47. The number of hydrogen-bond donors (Lipinski definition) is 0. The van der Waals surface area contributed by atoms with Gasteiger partial charge in [0, 0.05) is 37.3 Å². The van der Waals surface area contributed by atoms with Crippen molar-refractivity contribution < 1.29 is 9.32 Å². The topological polar surface area (TPSA) is 93.6 Å². The van der Waals surface area contributed by atoms with Gasteiger partial charge in [0.15, 0.2) is 5.82 Å². The average Bonchev–Trinajstić information content (AvgIpc) is 3.19. The van der Waals surface area contributed by atoms with Gasteiger partial charge >= 0.3 is 0 Å². The first-order valence-corrected chi connectivity index (χ1v) is 9.13. The van der Waals surface area contributed by atoms with E-state index < -0.39 is 0 Å². The molecule has 0 atom stereocenters. The first-order valence-electron chi connectivity index (χ1n) is 9.13. The van der Waals surface area contributed by atoms with Gasteiger partial charge < -0.3 is 9.42 Å². The van der Waals surface area contributed by atoms with E-state index in [-0.39, 0.29) is 28.9 Å². The molecule has 3 aromatic rings. The van der Waals surface area contributed by atoms with Crippen LogP contribution in [-0.2, 0) is 0 Å². The molecule has 0 unspecified atom stereocenters. The van der Waals surface area contributed by atoms with Crippen molar-refractivity contribution in [2.24, 2.45) is 0 Å². The molecule has 1 fully saturated rings. The van der Waals surface area contributed by atoms with Gasteiger partial charge in [0.05, 0.1) is 0 Å². The van der Waals surface area contributed by atoms with E-state index in [0.717, 1.165) is 12.8 Å². The van der Waals surface area contributed by atoms with Gasteiger partial charge in [-0.05, 0) is 25.0 Å². The van der Waals surface area contributed by atoms with Crippen molar-refractivity contribution in [1.82, 2.24) is 24.4 Å². The third-order valence-corrected chi connectivity index (χ3v) is 4.95. The number of aromatic nitrogens is 4. The molecule has 27 heavy (non-hydrogen) atoms. The minimum Gasteiger partial charge on any atom is -0.339 e. The lowest BCUT2D eigenvalue weighted by Gasteiger charge is -2.30. The summed E-state index contributed by atoms with van der Waals surface area (Å²) in [4.78, 5) is 35.8. The van der Waals surface area contributed by atoms with Gasteiger partial charge in [-0.1, -0.05) is 25.1 Å². The Labute approximate surface area is 155 Å². The molecule has 4 rings (SSSR count). The van der Waals surface area contributed by atoms with Crippen LogP contribution in [0.4, 0.5) is 0 Å². The van der Waals surface area contributed by atoms with Gasteiger partial charge in [-0.25, -0.2) is 4.98 Å². The Hall–Kier alpha value is -3.03. The zero-order valence-corrected chi connectivity index (χ0v) is 15.3. The lowest BCUT2D eigenvalue weighted by Crippen LogP contribution is -2.40. The van der Waals surface area contributed by atoms with Crippen molar-refractivity contribution in [3.8, 4) is 0 Å². The number of pyridine rings is 1. The van der Waals surface area contributed by atoms with E-state index in [9.17, 15) is 9.59 Å². The van der Waals surface area contributed by atoms with Crippen LogP contribution >= 0.6 is 0 Å². The predicted molar refractivity (Wildman–Crippen MR) is 97.7 cm³/mol.